The average Bonchev–Trinajstić information content (AvgIpc) is 2.48. The maximum atomic E-state index is 12.1. The third-order valence-electron chi connectivity index (χ3n) is 4.32. The minimum absolute atomic E-state index is 0.249. The molecule has 0 aromatic rings. The molecule has 1 saturated carbocycles. The summed E-state index contributed by atoms with van der Waals surface area (Å²) in [5.41, 5.74) is 0.340. The standard InChI is InChI=1S/C15H27NO2/c1-12-10-16(7-4-8-18-12)11-13-9-15(2,3)6-5-14(13)17/h12-13H,4-11H2,1-3H3. The first-order chi connectivity index (χ1) is 8.46. The third-order valence-corrected chi connectivity index (χ3v) is 4.32. The first-order valence-electron chi connectivity index (χ1n) is 7.33. The normalized spacial score (nSPS) is 34.3. The van der Waals surface area contributed by atoms with Crippen molar-refractivity contribution in [1.82, 2.24) is 4.90 Å². The number of nitrogens with zero attached hydrogens (tertiary/aromatic N) is 1. The van der Waals surface area contributed by atoms with Crippen LogP contribution < -0.4 is 0 Å². The minimum atomic E-state index is 0.249. The molecule has 0 bridgehead atoms. The van der Waals surface area contributed by atoms with E-state index >= 15 is 0 Å². The van der Waals surface area contributed by atoms with E-state index in [1.54, 1.807) is 0 Å². The summed E-state index contributed by atoms with van der Waals surface area (Å²) in [5.74, 6) is 0.728. The molecule has 18 heavy (non-hydrogen) atoms. The van der Waals surface area contributed by atoms with Crippen molar-refractivity contribution >= 4 is 5.78 Å². The Balaban J connectivity index is 1.92. The molecule has 1 heterocycles. The van der Waals surface area contributed by atoms with Crippen LogP contribution >= 0.6 is 0 Å². The van der Waals surface area contributed by atoms with Crippen LogP contribution in [0.25, 0.3) is 0 Å². The highest BCUT2D eigenvalue weighted by Crippen LogP contribution is 2.37. The fourth-order valence-electron chi connectivity index (χ4n) is 3.27. The van der Waals surface area contributed by atoms with Gasteiger partial charge >= 0.3 is 0 Å². The molecule has 2 aliphatic rings. The second-order valence-corrected chi connectivity index (χ2v) is 6.83. The van der Waals surface area contributed by atoms with Crippen LogP contribution in [-0.4, -0.2) is 43.0 Å². The van der Waals surface area contributed by atoms with Gasteiger partial charge in [0.05, 0.1) is 6.10 Å². The molecule has 3 nitrogen and oxygen atoms in total. The van der Waals surface area contributed by atoms with Crippen molar-refractivity contribution in [2.45, 2.75) is 52.6 Å². The van der Waals surface area contributed by atoms with Gasteiger partial charge in [0.1, 0.15) is 5.78 Å². The summed E-state index contributed by atoms with van der Waals surface area (Å²) < 4.78 is 5.66. The zero-order valence-corrected chi connectivity index (χ0v) is 12.1. The number of carbonyl (C=O) groups is 1. The lowest BCUT2D eigenvalue weighted by Gasteiger charge is -2.36. The first-order valence-corrected chi connectivity index (χ1v) is 7.33. The molecule has 0 aromatic carbocycles. The van der Waals surface area contributed by atoms with Crippen molar-refractivity contribution in [1.29, 1.82) is 0 Å². The summed E-state index contributed by atoms with van der Waals surface area (Å²) in [6, 6.07) is 0. The maximum Gasteiger partial charge on any atom is 0.137 e. The van der Waals surface area contributed by atoms with E-state index < -0.39 is 0 Å². The number of hydrogen-bond donors (Lipinski definition) is 0. The molecule has 0 radical (unpaired) electrons. The Morgan fingerprint density at radius 3 is 3.00 bits per heavy atom. The maximum absolute atomic E-state index is 12.1. The van der Waals surface area contributed by atoms with Crippen LogP contribution in [-0.2, 0) is 9.53 Å². The lowest BCUT2D eigenvalue weighted by atomic mass is 9.71. The SMILES string of the molecule is CC1CN(CC2CC(C)(C)CCC2=O)CCCO1. The molecule has 2 fully saturated rings. The number of ketones is 1. The van der Waals surface area contributed by atoms with Gasteiger partial charge in [0, 0.05) is 38.6 Å². The van der Waals surface area contributed by atoms with Gasteiger partial charge < -0.3 is 4.74 Å². The smallest absolute Gasteiger partial charge is 0.137 e. The van der Waals surface area contributed by atoms with E-state index in [0.717, 1.165) is 51.9 Å². The van der Waals surface area contributed by atoms with Gasteiger partial charge in [0.2, 0.25) is 0 Å². The summed E-state index contributed by atoms with van der Waals surface area (Å²) in [6.07, 6.45) is 4.28. The molecule has 3 heteroatoms. The van der Waals surface area contributed by atoms with E-state index in [9.17, 15) is 4.79 Å². The van der Waals surface area contributed by atoms with E-state index in [4.69, 9.17) is 4.74 Å². The van der Waals surface area contributed by atoms with Crippen molar-refractivity contribution in [2.24, 2.45) is 11.3 Å². The molecular weight excluding hydrogens is 226 g/mol. The summed E-state index contributed by atoms with van der Waals surface area (Å²) in [6.45, 7) is 10.6. The molecular formula is C15H27NO2. The molecule has 0 amide bonds. The number of Topliss-reactive ketones (excluding diaryl/α,β-unsaturated/α-hetero) is 1. The zero-order chi connectivity index (χ0) is 13.2. The number of hydrogen-bond acceptors (Lipinski definition) is 3. The van der Waals surface area contributed by atoms with Gasteiger partial charge in [-0.05, 0) is 31.6 Å². The predicted octanol–water partition coefficient (Wildman–Crippen LogP) is 2.49. The Hall–Kier alpha value is -0.410. The van der Waals surface area contributed by atoms with E-state index in [-0.39, 0.29) is 5.92 Å². The van der Waals surface area contributed by atoms with Crippen LogP contribution in [0, 0.1) is 11.3 Å². The fraction of sp³-hybridized carbons (Fsp3) is 0.933. The van der Waals surface area contributed by atoms with Crippen molar-refractivity contribution in [3.63, 3.8) is 0 Å². The molecule has 0 aromatic heterocycles. The van der Waals surface area contributed by atoms with Gasteiger partial charge in [-0.25, -0.2) is 0 Å². The quantitative estimate of drug-likeness (QED) is 0.757. The molecule has 2 atom stereocenters. The largest absolute Gasteiger partial charge is 0.377 e. The van der Waals surface area contributed by atoms with E-state index in [2.05, 4.69) is 25.7 Å². The van der Waals surface area contributed by atoms with Crippen LogP contribution in [0.3, 0.4) is 0 Å². The first kappa shape index (κ1) is 14.0. The predicted molar refractivity (Wildman–Crippen MR) is 72.6 cm³/mol. The average molecular weight is 253 g/mol. The van der Waals surface area contributed by atoms with Gasteiger partial charge in [-0.2, -0.15) is 0 Å². The fourth-order valence-corrected chi connectivity index (χ4v) is 3.27. The molecule has 1 aliphatic heterocycles. The number of ether oxygens (including phenoxy) is 1. The zero-order valence-electron chi connectivity index (χ0n) is 12.1. The van der Waals surface area contributed by atoms with Gasteiger partial charge in [-0.1, -0.05) is 13.8 Å². The van der Waals surface area contributed by atoms with Crippen LogP contribution in [0.1, 0.15) is 46.5 Å². The van der Waals surface area contributed by atoms with Crippen molar-refractivity contribution < 1.29 is 9.53 Å². The highest BCUT2D eigenvalue weighted by molar-refractivity contribution is 5.82. The molecule has 1 saturated heterocycles. The number of carbonyl (C=O) groups excluding carboxylic acids is 1. The number of rotatable bonds is 2. The van der Waals surface area contributed by atoms with Crippen molar-refractivity contribution in [3.05, 3.63) is 0 Å². The lowest BCUT2D eigenvalue weighted by Crippen LogP contribution is -2.41. The Kier molecular flexibility index (Phi) is 4.44. The van der Waals surface area contributed by atoms with Crippen molar-refractivity contribution in [2.75, 3.05) is 26.2 Å². The molecule has 0 N–H and O–H groups in total. The monoisotopic (exact) mass is 253 g/mol. The Labute approximate surface area is 111 Å². The summed E-state index contributed by atoms with van der Waals surface area (Å²) in [4.78, 5) is 14.5. The van der Waals surface area contributed by atoms with E-state index in [1.165, 1.54) is 0 Å². The minimum Gasteiger partial charge on any atom is -0.377 e. The highest BCUT2D eigenvalue weighted by atomic mass is 16.5. The van der Waals surface area contributed by atoms with Gasteiger partial charge in [-0.3, -0.25) is 9.69 Å². The Morgan fingerprint density at radius 2 is 2.22 bits per heavy atom. The van der Waals surface area contributed by atoms with Crippen LogP contribution in [0.4, 0.5) is 0 Å². The molecule has 0 spiro atoms. The van der Waals surface area contributed by atoms with Crippen LogP contribution in [0.2, 0.25) is 0 Å². The van der Waals surface area contributed by atoms with Gasteiger partial charge in [0.25, 0.3) is 0 Å². The third kappa shape index (κ3) is 3.79. The lowest BCUT2D eigenvalue weighted by molar-refractivity contribution is -0.127. The van der Waals surface area contributed by atoms with Crippen LogP contribution in [0.5, 0.6) is 0 Å². The molecule has 2 rings (SSSR count). The van der Waals surface area contributed by atoms with E-state index in [0.29, 0.717) is 17.3 Å². The molecule has 104 valence electrons. The van der Waals surface area contributed by atoms with Crippen LogP contribution in [0.15, 0.2) is 0 Å². The second-order valence-electron chi connectivity index (χ2n) is 6.83. The summed E-state index contributed by atoms with van der Waals surface area (Å²) >= 11 is 0. The van der Waals surface area contributed by atoms with E-state index in [1.807, 2.05) is 0 Å². The highest BCUT2D eigenvalue weighted by Gasteiger charge is 2.34. The van der Waals surface area contributed by atoms with Gasteiger partial charge in [-0.15, -0.1) is 0 Å². The van der Waals surface area contributed by atoms with Gasteiger partial charge in [0.15, 0.2) is 0 Å². The Bertz CT molecular complexity index is 301. The topological polar surface area (TPSA) is 29.5 Å². The second kappa shape index (κ2) is 5.70. The van der Waals surface area contributed by atoms with Crippen molar-refractivity contribution in [3.8, 4) is 0 Å². The summed E-state index contributed by atoms with van der Waals surface area (Å²) in [5, 5.41) is 0. The molecule has 1 aliphatic carbocycles. The molecule has 2 unspecified atom stereocenters. The Morgan fingerprint density at radius 1 is 1.44 bits per heavy atom. The summed E-state index contributed by atoms with van der Waals surface area (Å²) in [7, 11) is 0.